The van der Waals surface area contributed by atoms with Crippen molar-refractivity contribution in [2.75, 3.05) is 11.9 Å². The molecule has 1 heterocycles. The quantitative estimate of drug-likeness (QED) is 0.888. The summed E-state index contributed by atoms with van der Waals surface area (Å²) in [6.45, 7) is -0.248. The van der Waals surface area contributed by atoms with Gasteiger partial charge in [-0.2, -0.15) is 0 Å². The van der Waals surface area contributed by atoms with Crippen LogP contribution >= 0.6 is 0 Å². The first kappa shape index (κ1) is 13.7. The summed E-state index contributed by atoms with van der Waals surface area (Å²) in [4.78, 5) is 27.1. The third kappa shape index (κ3) is 3.61. The number of rotatable bonds is 4. The number of hydrogen-bond donors (Lipinski definition) is 2. The zero-order chi connectivity index (χ0) is 14.4. The van der Waals surface area contributed by atoms with Gasteiger partial charge < -0.3 is 10.6 Å². The zero-order valence-electron chi connectivity index (χ0n) is 10.5. The summed E-state index contributed by atoms with van der Waals surface area (Å²) in [7, 11) is 0. The van der Waals surface area contributed by atoms with E-state index in [1.165, 1.54) is 24.4 Å². The summed E-state index contributed by atoms with van der Waals surface area (Å²) in [5, 5.41) is 4.80. The first-order chi connectivity index (χ1) is 9.66. The van der Waals surface area contributed by atoms with E-state index in [-0.39, 0.29) is 12.2 Å². The number of para-hydroxylation sites is 1. The fourth-order valence-electron chi connectivity index (χ4n) is 1.52. The molecule has 0 radical (unpaired) electrons. The summed E-state index contributed by atoms with van der Waals surface area (Å²) in [6.07, 6.45) is 2.94. The molecule has 0 fully saturated rings. The molecule has 0 saturated heterocycles. The molecule has 2 amide bonds. The minimum atomic E-state index is -0.528. The molecular formula is C14H12FN3O2. The second-order valence-electron chi connectivity index (χ2n) is 3.95. The standard InChI is InChI=1S/C14H12FN3O2/c15-11-5-1-2-6-12(11)18-13(19)9-17-14(20)10-4-3-7-16-8-10/h1-8H,9H2,(H,17,20)(H,18,19). The molecule has 0 unspecified atom stereocenters. The molecule has 20 heavy (non-hydrogen) atoms. The number of halogens is 1. The molecule has 102 valence electrons. The number of amides is 2. The highest BCUT2D eigenvalue weighted by Gasteiger charge is 2.09. The second kappa shape index (κ2) is 6.42. The van der Waals surface area contributed by atoms with Crippen molar-refractivity contribution in [3.63, 3.8) is 0 Å². The van der Waals surface area contributed by atoms with Crippen molar-refractivity contribution in [1.82, 2.24) is 10.3 Å². The molecule has 0 aliphatic heterocycles. The third-order valence-electron chi connectivity index (χ3n) is 2.48. The van der Waals surface area contributed by atoms with Gasteiger partial charge in [-0.3, -0.25) is 14.6 Å². The maximum Gasteiger partial charge on any atom is 0.253 e. The number of anilines is 1. The Morgan fingerprint density at radius 3 is 2.65 bits per heavy atom. The summed E-state index contributed by atoms with van der Waals surface area (Å²) >= 11 is 0. The van der Waals surface area contributed by atoms with Crippen LogP contribution in [-0.4, -0.2) is 23.3 Å². The van der Waals surface area contributed by atoms with E-state index in [0.717, 1.165) is 0 Å². The van der Waals surface area contributed by atoms with Crippen LogP contribution in [0.15, 0.2) is 48.8 Å². The van der Waals surface area contributed by atoms with E-state index in [9.17, 15) is 14.0 Å². The average molecular weight is 273 g/mol. The van der Waals surface area contributed by atoms with Crippen LogP contribution < -0.4 is 10.6 Å². The molecule has 0 atom stereocenters. The van der Waals surface area contributed by atoms with Crippen molar-refractivity contribution in [1.29, 1.82) is 0 Å². The normalized spacial score (nSPS) is 9.85. The van der Waals surface area contributed by atoms with Crippen LogP contribution in [0.1, 0.15) is 10.4 Å². The van der Waals surface area contributed by atoms with Crippen LogP contribution in [0.3, 0.4) is 0 Å². The van der Waals surface area contributed by atoms with Gasteiger partial charge in [-0.1, -0.05) is 12.1 Å². The lowest BCUT2D eigenvalue weighted by Crippen LogP contribution is -2.33. The number of aromatic nitrogens is 1. The van der Waals surface area contributed by atoms with E-state index in [2.05, 4.69) is 15.6 Å². The van der Waals surface area contributed by atoms with Crippen molar-refractivity contribution >= 4 is 17.5 Å². The highest BCUT2D eigenvalue weighted by Crippen LogP contribution is 2.11. The number of carbonyl (C=O) groups is 2. The molecule has 1 aromatic heterocycles. The second-order valence-corrected chi connectivity index (χ2v) is 3.95. The predicted molar refractivity (Wildman–Crippen MR) is 71.6 cm³/mol. The number of carbonyl (C=O) groups excluding carboxylic acids is 2. The van der Waals surface area contributed by atoms with E-state index in [0.29, 0.717) is 5.56 Å². The first-order valence-electron chi connectivity index (χ1n) is 5.89. The van der Waals surface area contributed by atoms with E-state index in [4.69, 9.17) is 0 Å². The molecule has 0 aliphatic rings. The lowest BCUT2D eigenvalue weighted by Gasteiger charge is -2.07. The molecule has 1 aromatic carbocycles. The number of benzene rings is 1. The highest BCUT2D eigenvalue weighted by molar-refractivity contribution is 5.99. The van der Waals surface area contributed by atoms with Crippen molar-refractivity contribution in [2.24, 2.45) is 0 Å². The molecule has 2 rings (SSSR count). The van der Waals surface area contributed by atoms with E-state index in [1.54, 1.807) is 24.4 Å². The van der Waals surface area contributed by atoms with Gasteiger partial charge in [0.2, 0.25) is 5.91 Å². The monoisotopic (exact) mass is 273 g/mol. The topological polar surface area (TPSA) is 71.1 Å². The molecule has 5 nitrogen and oxygen atoms in total. The van der Waals surface area contributed by atoms with Crippen LogP contribution in [-0.2, 0) is 4.79 Å². The predicted octanol–water partition coefficient (Wildman–Crippen LogP) is 1.59. The number of hydrogen-bond acceptors (Lipinski definition) is 3. The Morgan fingerprint density at radius 1 is 1.15 bits per heavy atom. The fraction of sp³-hybridized carbons (Fsp3) is 0.0714. The first-order valence-corrected chi connectivity index (χ1v) is 5.89. The number of pyridine rings is 1. The summed E-state index contributed by atoms with van der Waals surface area (Å²) in [5.74, 6) is -1.45. The van der Waals surface area contributed by atoms with Crippen LogP contribution in [0, 0.1) is 5.82 Å². The highest BCUT2D eigenvalue weighted by atomic mass is 19.1. The SMILES string of the molecule is O=C(CNC(=O)c1cccnc1)Nc1ccccc1F. The maximum atomic E-state index is 13.3. The van der Waals surface area contributed by atoms with E-state index < -0.39 is 17.6 Å². The lowest BCUT2D eigenvalue weighted by atomic mass is 10.2. The molecule has 0 spiro atoms. The van der Waals surface area contributed by atoms with Gasteiger partial charge in [0.25, 0.3) is 5.91 Å². The van der Waals surface area contributed by atoms with Gasteiger partial charge in [0.1, 0.15) is 5.82 Å². The zero-order valence-corrected chi connectivity index (χ0v) is 10.5. The van der Waals surface area contributed by atoms with Crippen molar-refractivity contribution in [3.8, 4) is 0 Å². The van der Waals surface area contributed by atoms with Gasteiger partial charge in [-0.25, -0.2) is 4.39 Å². The van der Waals surface area contributed by atoms with Crippen molar-refractivity contribution in [2.45, 2.75) is 0 Å². The molecule has 2 aromatic rings. The Morgan fingerprint density at radius 2 is 1.95 bits per heavy atom. The van der Waals surface area contributed by atoms with Gasteiger partial charge in [-0.15, -0.1) is 0 Å². The Bertz CT molecular complexity index is 617. The fourth-order valence-corrected chi connectivity index (χ4v) is 1.52. The van der Waals surface area contributed by atoms with E-state index in [1.807, 2.05) is 0 Å². The number of nitrogens with zero attached hydrogens (tertiary/aromatic N) is 1. The largest absolute Gasteiger partial charge is 0.343 e. The Kier molecular flexibility index (Phi) is 4.39. The summed E-state index contributed by atoms with van der Waals surface area (Å²) in [5.41, 5.74) is 0.430. The minimum Gasteiger partial charge on any atom is -0.343 e. The van der Waals surface area contributed by atoms with Gasteiger partial charge >= 0.3 is 0 Å². The molecule has 0 saturated carbocycles. The minimum absolute atomic E-state index is 0.0770. The van der Waals surface area contributed by atoms with Gasteiger partial charge in [0.05, 0.1) is 17.8 Å². The van der Waals surface area contributed by atoms with Crippen LogP contribution in [0.2, 0.25) is 0 Å². The molecule has 0 aliphatic carbocycles. The Hall–Kier alpha value is -2.76. The van der Waals surface area contributed by atoms with E-state index >= 15 is 0 Å². The lowest BCUT2D eigenvalue weighted by molar-refractivity contribution is -0.115. The van der Waals surface area contributed by atoms with Crippen molar-refractivity contribution in [3.05, 3.63) is 60.2 Å². The summed E-state index contributed by atoms with van der Waals surface area (Å²) in [6, 6.07) is 9.01. The maximum absolute atomic E-state index is 13.3. The Balaban J connectivity index is 1.87. The van der Waals surface area contributed by atoms with Gasteiger partial charge in [0.15, 0.2) is 0 Å². The van der Waals surface area contributed by atoms with Crippen molar-refractivity contribution < 1.29 is 14.0 Å². The molecule has 6 heteroatoms. The number of nitrogens with one attached hydrogen (secondary N) is 2. The molecular weight excluding hydrogens is 261 g/mol. The van der Waals surface area contributed by atoms with Crippen LogP contribution in [0.5, 0.6) is 0 Å². The molecule has 2 N–H and O–H groups in total. The smallest absolute Gasteiger partial charge is 0.253 e. The molecule has 0 bridgehead atoms. The van der Waals surface area contributed by atoms with Gasteiger partial charge in [0, 0.05) is 12.4 Å². The summed E-state index contributed by atoms with van der Waals surface area (Å²) < 4.78 is 13.3. The Labute approximate surface area is 114 Å². The average Bonchev–Trinajstić information content (AvgIpc) is 2.48. The van der Waals surface area contributed by atoms with Crippen LogP contribution in [0.25, 0.3) is 0 Å². The van der Waals surface area contributed by atoms with Gasteiger partial charge in [-0.05, 0) is 24.3 Å². The third-order valence-corrected chi connectivity index (χ3v) is 2.48. The van der Waals surface area contributed by atoms with Crippen LogP contribution in [0.4, 0.5) is 10.1 Å².